The molecule has 6 heteroatoms. The molecule has 0 radical (unpaired) electrons. The van der Waals surface area contributed by atoms with Gasteiger partial charge in [0.1, 0.15) is 0 Å². The molecule has 2 aliphatic rings. The predicted octanol–water partition coefficient (Wildman–Crippen LogP) is 2.56. The molecule has 4 rings (SSSR count). The first-order valence-electron chi connectivity index (χ1n) is 9.39. The van der Waals surface area contributed by atoms with Crippen LogP contribution in [0, 0.1) is 0 Å². The van der Waals surface area contributed by atoms with Gasteiger partial charge in [-0.05, 0) is 22.6 Å². The summed E-state index contributed by atoms with van der Waals surface area (Å²) in [5, 5.41) is 5.42. The quantitative estimate of drug-likeness (QED) is 0.903. The van der Waals surface area contributed by atoms with Gasteiger partial charge in [-0.3, -0.25) is 4.90 Å². The van der Waals surface area contributed by atoms with E-state index in [1.165, 1.54) is 16.0 Å². The van der Waals surface area contributed by atoms with Gasteiger partial charge in [-0.25, -0.2) is 4.79 Å². The summed E-state index contributed by atoms with van der Waals surface area (Å²) >= 11 is 1.78. The molecule has 1 aromatic carbocycles. The minimum Gasteiger partial charge on any atom is -0.322 e. The third kappa shape index (κ3) is 4.09. The summed E-state index contributed by atoms with van der Waals surface area (Å²) in [6.07, 6.45) is 0. The Hall–Kier alpha value is -1.89. The van der Waals surface area contributed by atoms with Crippen LogP contribution in [0.4, 0.5) is 4.79 Å². The lowest BCUT2D eigenvalue weighted by molar-refractivity contribution is 0.106. The maximum atomic E-state index is 12.6. The first-order valence-corrected chi connectivity index (χ1v) is 10.3. The van der Waals surface area contributed by atoms with Crippen LogP contribution >= 0.6 is 11.3 Å². The number of piperazine rings is 2. The van der Waals surface area contributed by atoms with Gasteiger partial charge in [0.05, 0.1) is 0 Å². The standard InChI is InChI=1S/C20H26N4OS/c25-20(23-9-7-21-8-10-23)24-13-11-22(12-14-24)16-17-3-5-18(6-4-17)19-2-1-15-26-19/h1-6,15,21H,7-14,16H2. The lowest BCUT2D eigenvalue weighted by Crippen LogP contribution is -2.56. The van der Waals surface area contributed by atoms with Crippen molar-refractivity contribution in [2.24, 2.45) is 0 Å². The van der Waals surface area contributed by atoms with Crippen molar-refractivity contribution in [1.82, 2.24) is 20.0 Å². The summed E-state index contributed by atoms with van der Waals surface area (Å²) < 4.78 is 0. The summed E-state index contributed by atoms with van der Waals surface area (Å²) in [5.74, 6) is 0. The van der Waals surface area contributed by atoms with Gasteiger partial charge in [0, 0.05) is 63.8 Å². The normalized spacial score (nSPS) is 18.9. The zero-order valence-electron chi connectivity index (χ0n) is 15.1. The number of amides is 2. The molecule has 0 spiro atoms. The van der Waals surface area contributed by atoms with Gasteiger partial charge in [0.25, 0.3) is 0 Å². The number of carbonyl (C=O) groups is 1. The number of urea groups is 1. The molecular weight excluding hydrogens is 344 g/mol. The molecule has 2 aromatic rings. The third-order valence-electron chi connectivity index (χ3n) is 5.20. The van der Waals surface area contributed by atoms with Crippen molar-refractivity contribution < 1.29 is 4.79 Å². The predicted molar refractivity (Wildman–Crippen MR) is 106 cm³/mol. The summed E-state index contributed by atoms with van der Waals surface area (Å²) in [4.78, 5) is 20.3. The lowest BCUT2D eigenvalue weighted by Gasteiger charge is -2.38. The van der Waals surface area contributed by atoms with E-state index in [0.29, 0.717) is 0 Å². The van der Waals surface area contributed by atoms with Gasteiger partial charge in [-0.15, -0.1) is 11.3 Å². The molecule has 26 heavy (non-hydrogen) atoms. The highest BCUT2D eigenvalue weighted by Crippen LogP contribution is 2.25. The number of hydrogen-bond acceptors (Lipinski definition) is 4. The second-order valence-electron chi connectivity index (χ2n) is 6.96. The van der Waals surface area contributed by atoms with Crippen LogP contribution in [0.15, 0.2) is 41.8 Å². The second kappa shape index (κ2) is 8.20. The summed E-state index contributed by atoms with van der Waals surface area (Å²) in [7, 11) is 0. The fourth-order valence-electron chi connectivity index (χ4n) is 3.63. The Morgan fingerprint density at radius 2 is 1.62 bits per heavy atom. The number of benzene rings is 1. The second-order valence-corrected chi connectivity index (χ2v) is 7.90. The highest BCUT2D eigenvalue weighted by atomic mass is 32.1. The van der Waals surface area contributed by atoms with Crippen LogP contribution in [-0.4, -0.2) is 73.1 Å². The maximum absolute atomic E-state index is 12.6. The average molecular weight is 371 g/mol. The molecule has 0 atom stereocenters. The molecule has 0 unspecified atom stereocenters. The maximum Gasteiger partial charge on any atom is 0.320 e. The van der Waals surface area contributed by atoms with Gasteiger partial charge >= 0.3 is 6.03 Å². The number of nitrogens with zero attached hydrogens (tertiary/aromatic N) is 3. The Labute approximate surface area is 159 Å². The number of hydrogen-bond donors (Lipinski definition) is 1. The average Bonchev–Trinajstić information content (AvgIpc) is 3.24. The number of carbonyl (C=O) groups excluding carboxylic acids is 1. The van der Waals surface area contributed by atoms with Gasteiger partial charge < -0.3 is 15.1 Å². The summed E-state index contributed by atoms with van der Waals surface area (Å²) in [5.41, 5.74) is 2.63. The molecule has 138 valence electrons. The van der Waals surface area contributed by atoms with Crippen molar-refractivity contribution in [3.05, 3.63) is 47.3 Å². The van der Waals surface area contributed by atoms with E-state index in [1.807, 2.05) is 9.80 Å². The van der Waals surface area contributed by atoms with Crippen molar-refractivity contribution in [1.29, 1.82) is 0 Å². The molecular formula is C20H26N4OS. The van der Waals surface area contributed by atoms with E-state index in [2.05, 4.69) is 52.0 Å². The van der Waals surface area contributed by atoms with E-state index in [-0.39, 0.29) is 6.03 Å². The van der Waals surface area contributed by atoms with E-state index in [1.54, 1.807) is 11.3 Å². The van der Waals surface area contributed by atoms with Crippen molar-refractivity contribution in [3.8, 4) is 10.4 Å². The van der Waals surface area contributed by atoms with Crippen molar-refractivity contribution >= 4 is 17.4 Å². The van der Waals surface area contributed by atoms with Gasteiger partial charge in [-0.2, -0.15) is 0 Å². The zero-order valence-corrected chi connectivity index (χ0v) is 15.9. The van der Waals surface area contributed by atoms with Crippen molar-refractivity contribution in [2.75, 3.05) is 52.4 Å². The largest absolute Gasteiger partial charge is 0.322 e. The smallest absolute Gasteiger partial charge is 0.320 e. The molecule has 0 bridgehead atoms. The first-order chi connectivity index (χ1) is 12.8. The monoisotopic (exact) mass is 370 g/mol. The lowest BCUT2D eigenvalue weighted by atomic mass is 10.1. The number of thiophene rings is 1. The van der Waals surface area contributed by atoms with Gasteiger partial charge in [-0.1, -0.05) is 30.3 Å². The van der Waals surface area contributed by atoms with Crippen molar-refractivity contribution in [2.45, 2.75) is 6.54 Å². The molecule has 2 saturated heterocycles. The minimum atomic E-state index is 0.214. The highest BCUT2D eigenvalue weighted by molar-refractivity contribution is 7.13. The number of nitrogens with one attached hydrogen (secondary N) is 1. The fraction of sp³-hybridized carbons (Fsp3) is 0.450. The van der Waals surface area contributed by atoms with E-state index >= 15 is 0 Å². The van der Waals surface area contributed by atoms with Crippen LogP contribution in [-0.2, 0) is 6.54 Å². The SMILES string of the molecule is O=C(N1CCNCC1)N1CCN(Cc2ccc(-c3cccs3)cc2)CC1. The van der Waals surface area contributed by atoms with Crippen LogP contribution in [0.3, 0.4) is 0 Å². The summed E-state index contributed by atoms with van der Waals surface area (Å²) in [6.45, 7) is 7.99. The molecule has 0 aliphatic carbocycles. The van der Waals surface area contributed by atoms with Crippen LogP contribution in [0.1, 0.15) is 5.56 Å². The van der Waals surface area contributed by atoms with E-state index in [9.17, 15) is 4.79 Å². The molecule has 1 N–H and O–H groups in total. The van der Waals surface area contributed by atoms with E-state index in [4.69, 9.17) is 0 Å². The molecule has 1 aromatic heterocycles. The molecule has 2 fully saturated rings. The molecule has 2 amide bonds. The van der Waals surface area contributed by atoms with Crippen molar-refractivity contribution in [3.63, 3.8) is 0 Å². The fourth-order valence-corrected chi connectivity index (χ4v) is 4.36. The Kier molecular flexibility index (Phi) is 5.53. The van der Waals surface area contributed by atoms with Gasteiger partial charge in [0.2, 0.25) is 0 Å². The Morgan fingerprint density at radius 3 is 2.27 bits per heavy atom. The van der Waals surface area contributed by atoms with Crippen LogP contribution in [0.2, 0.25) is 0 Å². The van der Waals surface area contributed by atoms with Crippen LogP contribution in [0.5, 0.6) is 0 Å². The molecule has 2 aliphatic heterocycles. The van der Waals surface area contributed by atoms with E-state index < -0.39 is 0 Å². The topological polar surface area (TPSA) is 38.8 Å². The first kappa shape index (κ1) is 17.5. The Balaban J connectivity index is 1.27. The third-order valence-corrected chi connectivity index (χ3v) is 6.12. The van der Waals surface area contributed by atoms with Crippen LogP contribution < -0.4 is 5.32 Å². The highest BCUT2D eigenvalue weighted by Gasteiger charge is 2.25. The minimum absolute atomic E-state index is 0.214. The Bertz CT molecular complexity index is 702. The molecule has 0 saturated carbocycles. The molecule has 5 nitrogen and oxygen atoms in total. The zero-order chi connectivity index (χ0) is 17.8. The Morgan fingerprint density at radius 1 is 0.923 bits per heavy atom. The summed E-state index contributed by atoms with van der Waals surface area (Å²) in [6, 6.07) is 13.4. The number of rotatable bonds is 3. The van der Waals surface area contributed by atoms with E-state index in [0.717, 1.165) is 58.9 Å². The van der Waals surface area contributed by atoms with Crippen LogP contribution in [0.25, 0.3) is 10.4 Å². The van der Waals surface area contributed by atoms with Gasteiger partial charge in [0.15, 0.2) is 0 Å². The molecule has 3 heterocycles.